The lowest BCUT2D eigenvalue weighted by atomic mass is 10.0. The van der Waals surface area contributed by atoms with Crippen molar-refractivity contribution in [1.82, 2.24) is 13.6 Å². The van der Waals surface area contributed by atoms with Gasteiger partial charge in [0.15, 0.2) is 0 Å². The molecule has 1 heterocycles. The molecule has 0 aliphatic rings. The van der Waals surface area contributed by atoms with Crippen LogP contribution >= 0.6 is 23.7 Å². The number of nitrogens with one attached hydrogen (secondary N) is 1. The summed E-state index contributed by atoms with van der Waals surface area (Å²) in [6.45, 7) is 6.48. The zero-order valence-electron chi connectivity index (χ0n) is 16.5. The first-order valence-corrected chi connectivity index (χ1v) is 10.5. The Hall–Kier alpha value is -1.46. The third kappa shape index (κ3) is 5.08. The normalized spacial score (nSPS) is 11.8. The summed E-state index contributed by atoms with van der Waals surface area (Å²) in [6.07, 6.45) is 3.33. The molecule has 5 heteroatoms. The van der Waals surface area contributed by atoms with Gasteiger partial charge in [0.1, 0.15) is 0 Å². The number of aromatic nitrogens is 1. The monoisotopic (exact) mass is 401 g/mol. The van der Waals surface area contributed by atoms with Gasteiger partial charge in [-0.1, -0.05) is 55.8 Å². The van der Waals surface area contributed by atoms with Gasteiger partial charge in [-0.05, 0) is 49.7 Å². The van der Waals surface area contributed by atoms with Crippen molar-refractivity contribution in [1.29, 1.82) is 0 Å². The fourth-order valence-electron chi connectivity index (χ4n) is 3.33. The molecule has 0 aliphatic heterocycles. The predicted octanol–water partition coefficient (Wildman–Crippen LogP) is 5.87. The maximum atomic E-state index is 6.43. The van der Waals surface area contributed by atoms with Crippen LogP contribution in [0.25, 0.3) is 22.0 Å². The van der Waals surface area contributed by atoms with E-state index in [1.807, 2.05) is 32.3 Å². The molecule has 27 heavy (non-hydrogen) atoms. The fourth-order valence-corrected chi connectivity index (χ4v) is 4.03. The summed E-state index contributed by atoms with van der Waals surface area (Å²) in [5, 5.41) is 2.13. The van der Waals surface area contributed by atoms with E-state index in [2.05, 4.69) is 57.9 Å². The van der Waals surface area contributed by atoms with Crippen LogP contribution in [0.2, 0.25) is 5.02 Å². The van der Waals surface area contributed by atoms with Crippen LogP contribution < -0.4 is 4.72 Å². The van der Waals surface area contributed by atoms with E-state index in [0.717, 1.165) is 30.1 Å². The van der Waals surface area contributed by atoms with Gasteiger partial charge in [0.05, 0.1) is 0 Å². The quantitative estimate of drug-likeness (QED) is 0.376. The average molecular weight is 402 g/mol. The predicted molar refractivity (Wildman–Crippen MR) is 120 cm³/mol. The molecular weight excluding hydrogens is 374 g/mol. The minimum Gasteiger partial charge on any atom is -0.347 e. The number of benzene rings is 2. The van der Waals surface area contributed by atoms with Crippen LogP contribution in [0.3, 0.4) is 0 Å². The summed E-state index contributed by atoms with van der Waals surface area (Å²) in [7, 11) is 4.09. The van der Waals surface area contributed by atoms with Crippen LogP contribution in [0, 0.1) is 5.92 Å². The smallest absolute Gasteiger partial charge is 0.0489 e. The third-order valence-electron chi connectivity index (χ3n) is 4.46. The first-order chi connectivity index (χ1) is 13.0. The average Bonchev–Trinajstić information content (AvgIpc) is 2.95. The molecule has 144 valence electrons. The van der Waals surface area contributed by atoms with Crippen LogP contribution in [-0.2, 0) is 13.0 Å². The maximum Gasteiger partial charge on any atom is 0.0489 e. The summed E-state index contributed by atoms with van der Waals surface area (Å²) in [6, 6.07) is 14.8. The van der Waals surface area contributed by atoms with E-state index in [1.165, 1.54) is 22.0 Å². The number of hydrogen-bond donors (Lipinski definition) is 1. The number of fused-ring (bicyclic) bond motifs is 1. The second kappa shape index (κ2) is 9.16. The molecule has 0 radical (unpaired) electrons. The van der Waals surface area contributed by atoms with E-state index in [0.29, 0.717) is 5.92 Å². The lowest BCUT2D eigenvalue weighted by Gasteiger charge is -2.10. The molecular formula is C22H28ClN3S. The largest absolute Gasteiger partial charge is 0.347 e. The Balaban J connectivity index is 1.95. The second-order valence-corrected chi connectivity index (χ2v) is 9.07. The van der Waals surface area contributed by atoms with Gasteiger partial charge in [0.2, 0.25) is 0 Å². The Kier molecular flexibility index (Phi) is 6.88. The third-order valence-corrected chi connectivity index (χ3v) is 5.48. The lowest BCUT2D eigenvalue weighted by molar-refractivity contribution is 0.534. The number of nitrogens with zero attached hydrogens (tertiary/aromatic N) is 2. The van der Waals surface area contributed by atoms with E-state index < -0.39 is 0 Å². The van der Waals surface area contributed by atoms with E-state index in [-0.39, 0.29) is 0 Å². The van der Waals surface area contributed by atoms with Gasteiger partial charge >= 0.3 is 0 Å². The van der Waals surface area contributed by atoms with Crippen molar-refractivity contribution in [3.05, 3.63) is 59.2 Å². The van der Waals surface area contributed by atoms with Crippen molar-refractivity contribution in [2.75, 3.05) is 20.6 Å². The molecule has 1 N–H and O–H groups in total. The van der Waals surface area contributed by atoms with E-state index in [9.17, 15) is 0 Å². The van der Waals surface area contributed by atoms with Crippen molar-refractivity contribution >= 4 is 34.6 Å². The van der Waals surface area contributed by atoms with Gasteiger partial charge < -0.3 is 4.57 Å². The van der Waals surface area contributed by atoms with Gasteiger partial charge in [-0.3, -0.25) is 4.72 Å². The van der Waals surface area contributed by atoms with Crippen LogP contribution in [0.1, 0.15) is 19.4 Å². The van der Waals surface area contributed by atoms with Gasteiger partial charge in [-0.2, -0.15) is 0 Å². The molecule has 0 bridgehead atoms. The lowest BCUT2D eigenvalue weighted by Crippen LogP contribution is -2.15. The number of halogens is 1. The van der Waals surface area contributed by atoms with E-state index in [4.69, 9.17) is 11.6 Å². The van der Waals surface area contributed by atoms with E-state index in [1.54, 1.807) is 12.1 Å². The van der Waals surface area contributed by atoms with Crippen LogP contribution in [0.15, 0.2) is 48.7 Å². The highest BCUT2D eigenvalue weighted by Crippen LogP contribution is 2.32. The molecule has 0 amide bonds. The second-order valence-electron chi connectivity index (χ2n) is 7.46. The molecule has 3 nitrogen and oxygen atoms in total. The molecule has 1 aromatic heterocycles. The van der Waals surface area contributed by atoms with Crippen LogP contribution in [0.5, 0.6) is 0 Å². The van der Waals surface area contributed by atoms with Crippen molar-refractivity contribution in [3.8, 4) is 11.1 Å². The molecule has 3 aromatic rings. The summed E-state index contributed by atoms with van der Waals surface area (Å²) in [5.41, 5.74) is 4.94. The van der Waals surface area contributed by atoms with Gasteiger partial charge in [0, 0.05) is 52.9 Å². The van der Waals surface area contributed by atoms with Gasteiger partial charge in [-0.25, -0.2) is 4.31 Å². The highest BCUT2D eigenvalue weighted by Gasteiger charge is 2.12. The molecule has 0 saturated heterocycles. The molecule has 3 rings (SSSR count). The minimum atomic E-state index is 0.597. The number of rotatable bonds is 8. The Morgan fingerprint density at radius 3 is 2.63 bits per heavy atom. The van der Waals surface area contributed by atoms with E-state index >= 15 is 0 Å². The summed E-state index contributed by atoms with van der Waals surface area (Å²) in [4.78, 5) is 0. The van der Waals surface area contributed by atoms with Gasteiger partial charge in [-0.15, -0.1) is 0 Å². The summed E-state index contributed by atoms with van der Waals surface area (Å²) in [5.74, 6) is 0.597. The zero-order valence-corrected chi connectivity index (χ0v) is 18.1. The molecule has 2 aromatic carbocycles. The zero-order chi connectivity index (χ0) is 19.4. The summed E-state index contributed by atoms with van der Waals surface area (Å²) < 4.78 is 7.87. The fraction of sp³-hybridized carbons (Fsp3) is 0.364. The Morgan fingerprint density at radius 1 is 1.15 bits per heavy atom. The molecule has 0 aliphatic carbocycles. The molecule has 0 unspecified atom stereocenters. The molecule has 0 atom stereocenters. The van der Waals surface area contributed by atoms with Crippen LogP contribution in [0.4, 0.5) is 0 Å². The van der Waals surface area contributed by atoms with Crippen molar-refractivity contribution in [2.45, 2.75) is 26.8 Å². The molecule has 0 saturated carbocycles. The van der Waals surface area contributed by atoms with Crippen molar-refractivity contribution in [2.24, 2.45) is 5.92 Å². The SMILES string of the molecule is CC(C)Cn1cc(CCNSN(C)C)c2ccc(-c3ccccc3Cl)cc21. The molecule has 0 spiro atoms. The first kappa shape index (κ1) is 20.3. The Morgan fingerprint density at radius 2 is 1.93 bits per heavy atom. The minimum absolute atomic E-state index is 0.597. The van der Waals surface area contributed by atoms with Crippen LogP contribution in [-0.4, -0.2) is 29.5 Å². The Labute approximate surface area is 172 Å². The highest BCUT2D eigenvalue weighted by molar-refractivity contribution is 7.95. The first-order valence-electron chi connectivity index (χ1n) is 9.39. The Bertz CT molecular complexity index is 902. The molecule has 0 fully saturated rings. The maximum absolute atomic E-state index is 6.43. The van der Waals surface area contributed by atoms with Gasteiger partial charge in [0.25, 0.3) is 0 Å². The topological polar surface area (TPSA) is 20.2 Å². The highest BCUT2D eigenvalue weighted by atomic mass is 35.5. The summed E-state index contributed by atoms with van der Waals surface area (Å²) >= 11 is 8.06. The standard InChI is InChI=1S/C22H28ClN3S/c1-16(2)14-26-15-18(11-12-24-27-25(3)4)20-10-9-17(13-22(20)26)19-7-5-6-8-21(19)23/h5-10,13,15-16,24H,11-12,14H2,1-4H3. The van der Waals surface area contributed by atoms with Crippen molar-refractivity contribution in [3.63, 3.8) is 0 Å². The van der Waals surface area contributed by atoms with Crippen molar-refractivity contribution < 1.29 is 0 Å². The number of hydrogen-bond acceptors (Lipinski definition) is 3.